The van der Waals surface area contributed by atoms with Crippen LogP contribution >= 0.6 is 0 Å². The molecule has 1 aliphatic heterocycles. The summed E-state index contributed by atoms with van der Waals surface area (Å²) in [6.45, 7) is 2.81. The minimum absolute atomic E-state index is 0.00599. The lowest BCUT2D eigenvalue weighted by molar-refractivity contribution is -0.117. The molecule has 0 aliphatic carbocycles. The van der Waals surface area contributed by atoms with Crippen molar-refractivity contribution in [2.75, 3.05) is 32.1 Å². The monoisotopic (exact) mass is 311 g/mol. The molecule has 7 heteroatoms. The summed E-state index contributed by atoms with van der Waals surface area (Å²) < 4.78 is 27.0. The maximum absolute atomic E-state index is 12.1. The normalized spacial score (nSPS) is 19.5. The molecule has 0 spiro atoms. The van der Waals surface area contributed by atoms with Crippen molar-refractivity contribution in [1.82, 2.24) is 9.03 Å². The number of amides is 1. The van der Waals surface area contributed by atoms with Gasteiger partial charge in [-0.1, -0.05) is 17.7 Å². The van der Waals surface area contributed by atoms with Gasteiger partial charge in [0.15, 0.2) is 0 Å². The van der Waals surface area contributed by atoms with E-state index in [-0.39, 0.29) is 18.4 Å². The number of carbonyl (C=O) groups is 1. The molecule has 0 bridgehead atoms. The van der Waals surface area contributed by atoms with Crippen LogP contribution in [-0.4, -0.2) is 45.8 Å². The second-order valence-electron chi connectivity index (χ2n) is 5.55. The summed E-state index contributed by atoms with van der Waals surface area (Å²) in [5.74, 6) is 0.0291. The Morgan fingerprint density at radius 3 is 2.48 bits per heavy atom. The van der Waals surface area contributed by atoms with Crippen LogP contribution in [0.15, 0.2) is 24.3 Å². The van der Waals surface area contributed by atoms with Crippen molar-refractivity contribution in [3.63, 3.8) is 0 Å². The van der Waals surface area contributed by atoms with Gasteiger partial charge in [0.2, 0.25) is 5.91 Å². The van der Waals surface area contributed by atoms with Crippen molar-refractivity contribution in [3.05, 3.63) is 29.8 Å². The number of nitrogens with zero attached hydrogens (tertiary/aromatic N) is 2. The summed E-state index contributed by atoms with van der Waals surface area (Å²) in [5.41, 5.74) is 2.00. The van der Waals surface area contributed by atoms with Gasteiger partial charge in [-0.2, -0.15) is 12.7 Å². The zero-order valence-electron chi connectivity index (χ0n) is 12.5. The fourth-order valence-electron chi connectivity index (χ4n) is 2.24. The van der Waals surface area contributed by atoms with Crippen molar-refractivity contribution in [2.45, 2.75) is 13.3 Å². The van der Waals surface area contributed by atoms with Crippen molar-refractivity contribution in [2.24, 2.45) is 5.92 Å². The third-order valence-electron chi connectivity index (χ3n) is 3.59. The van der Waals surface area contributed by atoms with Gasteiger partial charge >= 0.3 is 0 Å². The van der Waals surface area contributed by atoms with E-state index in [9.17, 15) is 13.2 Å². The van der Waals surface area contributed by atoms with Crippen LogP contribution in [0.3, 0.4) is 0 Å². The molecule has 1 N–H and O–H groups in total. The smallest absolute Gasteiger partial charge is 0.278 e. The van der Waals surface area contributed by atoms with Gasteiger partial charge in [0.1, 0.15) is 0 Å². The molecular formula is C14H21N3O3S. The molecule has 116 valence electrons. The van der Waals surface area contributed by atoms with E-state index in [1.807, 2.05) is 31.2 Å². The van der Waals surface area contributed by atoms with Gasteiger partial charge in [0, 0.05) is 39.3 Å². The van der Waals surface area contributed by atoms with Gasteiger partial charge in [-0.05, 0) is 25.0 Å². The molecule has 1 amide bonds. The van der Waals surface area contributed by atoms with Crippen LogP contribution in [0.5, 0.6) is 0 Å². The van der Waals surface area contributed by atoms with Gasteiger partial charge in [-0.15, -0.1) is 0 Å². The molecule has 0 radical (unpaired) electrons. The average molecular weight is 311 g/mol. The second-order valence-corrected chi connectivity index (χ2v) is 7.52. The first-order chi connectivity index (χ1) is 9.79. The summed E-state index contributed by atoms with van der Waals surface area (Å²) in [6.07, 6.45) is 0.365. The molecule has 1 aromatic carbocycles. The number of hydrogen-bond donors (Lipinski definition) is 1. The van der Waals surface area contributed by atoms with E-state index in [0.717, 1.165) is 15.6 Å². The first-order valence-corrected chi connectivity index (χ1v) is 8.28. The minimum Gasteiger partial charge on any atom is -0.312 e. The fourth-order valence-corrected chi connectivity index (χ4v) is 2.95. The Bertz CT molecular complexity index is 611. The maximum Gasteiger partial charge on any atom is 0.278 e. The predicted molar refractivity (Wildman–Crippen MR) is 82.2 cm³/mol. The lowest BCUT2D eigenvalue weighted by Crippen LogP contribution is -2.38. The fraction of sp³-hybridized carbons (Fsp3) is 0.500. The quantitative estimate of drug-likeness (QED) is 0.872. The van der Waals surface area contributed by atoms with Gasteiger partial charge < -0.3 is 4.90 Å². The highest BCUT2D eigenvalue weighted by Crippen LogP contribution is 2.25. The molecule has 21 heavy (non-hydrogen) atoms. The zero-order valence-corrected chi connectivity index (χ0v) is 13.4. The molecule has 1 aromatic rings. The highest BCUT2D eigenvalue weighted by molar-refractivity contribution is 7.87. The van der Waals surface area contributed by atoms with Crippen LogP contribution in [-0.2, 0) is 15.0 Å². The van der Waals surface area contributed by atoms with Gasteiger partial charge in [-0.25, -0.2) is 4.72 Å². The molecule has 6 nitrogen and oxygen atoms in total. The Morgan fingerprint density at radius 1 is 1.29 bits per heavy atom. The molecule has 0 saturated carbocycles. The molecule has 2 rings (SSSR count). The zero-order chi connectivity index (χ0) is 15.6. The lowest BCUT2D eigenvalue weighted by Gasteiger charge is -2.18. The predicted octanol–water partition coefficient (Wildman–Crippen LogP) is 0.744. The van der Waals surface area contributed by atoms with Crippen LogP contribution in [0, 0.1) is 12.8 Å². The third-order valence-corrected chi connectivity index (χ3v) is 5.08. The minimum atomic E-state index is -3.44. The molecule has 1 fully saturated rings. The van der Waals surface area contributed by atoms with Gasteiger partial charge in [0.05, 0.1) is 0 Å². The number of carbonyl (C=O) groups excluding carboxylic acids is 1. The summed E-state index contributed by atoms with van der Waals surface area (Å²) in [5, 5.41) is 0. The molecule has 1 atom stereocenters. The largest absolute Gasteiger partial charge is 0.312 e. The van der Waals surface area contributed by atoms with Crippen LogP contribution in [0.25, 0.3) is 0 Å². The maximum atomic E-state index is 12.1. The molecule has 1 aliphatic rings. The number of rotatable bonds is 5. The van der Waals surface area contributed by atoms with Crippen LogP contribution in [0.4, 0.5) is 5.69 Å². The van der Waals surface area contributed by atoms with Crippen LogP contribution < -0.4 is 9.62 Å². The highest BCUT2D eigenvalue weighted by Gasteiger charge is 2.31. The van der Waals surface area contributed by atoms with E-state index in [2.05, 4.69) is 4.72 Å². The van der Waals surface area contributed by atoms with Crippen LogP contribution in [0.2, 0.25) is 0 Å². The lowest BCUT2D eigenvalue weighted by atomic mass is 10.1. The first-order valence-electron chi connectivity index (χ1n) is 6.84. The van der Waals surface area contributed by atoms with Crippen molar-refractivity contribution >= 4 is 21.8 Å². The number of nitrogens with one attached hydrogen (secondary N) is 1. The standard InChI is InChI=1S/C14H21N3O3S/c1-11-4-6-13(7-5-11)17-10-12(8-14(17)18)9-15-21(19,20)16(2)3/h4-7,12,15H,8-10H2,1-3H3. The number of hydrogen-bond acceptors (Lipinski definition) is 3. The Kier molecular flexibility index (Phi) is 4.65. The molecule has 1 saturated heterocycles. The van der Waals surface area contributed by atoms with E-state index in [0.29, 0.717) is 13.0 Å². The van der Waals surface area contributed by atoms with E-state index in [4.69, 9.17) is 0 Å². The van der Waals surface area contributed by atoms with E-state index >= 15 is 0 Å². The Morgan fingerprint density at radius 2 is 1.90 bits per heavy atom. The van der Waals surface area contributed by atoms with Crippen LogP contribution in [0.1, 0.15) is 12.0 Å². The van der Waals surface area contributed by atoms with Crippen molar-refractivity contribution in [3.8, 4) is 0 Å². The van der Waals surface area contributed by atoms with Gasteiger partial charge in [0.25, 0.3) is 10.2 Å². The van der Waals surface area contributed by atoms with E-state index in [1.54, 1.807) is 4.90 Å². The summed E-state index contributed by atoms with van der Waals surface area (Å²) in [4.78, 5) is 13.8. The Hall–Kier alpha value is -1.44. The molecule has 1 heterocycles. The summed E-state index contributed by atoms with van der Waals surface area (Å²) in [6, 6.07) is 7.76. The van der Waals surface area contributed by atoms with E-state index in [1.165, 1.54) is 14.1 Å². The number of anilines is 1. The summed E-state index contributed by atoms with van der Waals surface area (Å²) in [7, 11) is -0.491. The second kappa shape index (κ2) is 6.13. The topological polar surface area (TPSA) is 69.7 Å². The molecular weight excluding hydrogens is 290 g/mol. The SMILES string of the molecule is Cc1ccc(N2CC(CNS(=O)(=O)N(C)C)CC2=O)cc1. The average Bonchev–Trinajstić information content (AvgIpc) is 2.79. The van der Waals surface area contributed by atoms with E-state index < -0.39 is 10.2 Å². The van der Waals surface area contributed by atoms with Crippen molar-refractivity contribution in [1.29, 1.82) is 0 Å². The molecule has 0 aromatic heterocycles. The first kappa shape index (κ1) is 15.9. The molecule has 1 unspecified atom stereocenters. The van der Waals surface area contributed by atoms with Gasteiger partial charge in [-0.3, -0.25) is 4.79 Å². The Labute approximate surface area is 125 Å². The number of benzene rings is 1. The summed E-state index contributed by atoms with van der Waals surface area (Å²) >= 11 is 0. The van der Waals surface area contributed by atoms with Crippen molar-refractivity contribution < 1.29 is 13.2 Å². The highest BCUT2D eigenvalue weighted by atomic mass is 32.2. The number of aryl methyl sites for hydroxylation is 1. The Balaban J connectivity index is 1.98. The third kappa shape index (κ3) is 3.81.